The van der Waals surface area contributed by atoms with Gasteiger partial charge >= 0.3 is 0 Å². The van der Waals surface area contributed by atoms with Crippen LogP contribution in [0.2, 0.25) is 5.02 Å². The normalized spacial score (nSPS) is 29.4. The maximum Gasteiger partial charge on any atom is 0.0698 e. The van der Waals surface area contributed by atoms with Gasteiger partial charge in [-0.25, -0.2) is 0 Å². The summed E-state index contributed by atoms with van der Waals surface area (Å²) in [6.07, 6.45) is 4.86. The molecule has 0 amide bonds. The van der Waals surface area contributed by atoms with E-state index in [0.717, 1.165) is 17.7 Å². The van der Waals surface area contributed by atoms with Crippen LogP contribution in [0.5, 0.6) is 0 Å². The Labute approximate surface area is 104 Å². The number of carbonyl (C=O) groups is 1. The summed E-state index contributed by atoms with van der Waals surface area (Å²) in [5.41, 5.74) is 1.92. The summed E-state index contributed by atoms with van der Waals surface area (Å²) in [6, 6.07) is 4.88. The molecule has 0 fully saturated rings. The lowest BCUT2D eigenvalue weighted by molar-refractivity contribution is -0.308. The van der Waals surface area contributed by atoms with E-state index in [1.807, 2.05) is 18.2 Å². The van der Waals surface area contributed by atoms with Gasteiger partial charge in [0.2, 0.25) is 0 Å². The average molecular weight is 249 g/mol. The van der Waals surface area contributed by atoms with Gasteiger partial charge in [-0.05, 0) is 36.1 Å². The first-order chi connectivity index (χ1) is 8.16. The number of benzene rings is 1. The lowest BCUT2D eigenvalue weighted by Gasteiger charge is -2.37. The van der Waals surface area contributed by atoms with E-state index < -0.39 is 12.0 Å². The third kappa shape index (κ3) is 1.62. The molecule has 1 aromatic carbocycles. The summed E-state index contributed by atoms with van der Waals surface area (Å²) in [6.45, 7) is 0. The van der Waals surface area contributed by atoms with Crippen LogP contribution in [0.3, 0.4) is 0 Å². The number of hydrogen-bond acceptors (Lipinski definition) is 3. The maximum absolute atomic E-state index is 11.1. The second-order valence-corrected chi connectivity index (χ2v) is 4.96. The highest BCUT2D eigenvalue weighted by molar-refractivity contribution is 6.30. The molecule has 4 heteroatoms. The fourth-order valence-electron chi connectivity index (χ4n) is 2.80. The van der Waals surface area contributed by atoms with Crippen molar-refractivity contribution in [2.75, 3.05) is 5.32 Å². The fraction of sp³-hybridized carbons (Fsp3) is 0.308. The van der Waals surface area contributed by atoms with Crippen LogP contribution >= 0.6 is 11.6 Å². The van der Waals surface area contributed by atoms with E-state index in [1.54, 1.807) is 6.07 Å². The molecular weight excluding hydrogens is 238 g/mol. The molecule has 0 radical (unpaired) electrons. The summed E-state index contributed by atoms with van der Waals surface area (Å²) in [5, 5.41) is 14.9. The van der Waals surface area contributed by atoms with Gasteiger partial charge in [0.25, 0.3) is 0 Å². The van der Waals surface area contributed by atoms with E-state index in [1.165, 1.54) is 0 Å². The number of aliphatic carboxylic acids is 1. The molecule has 0 spiro atoms. The van der Waals surface area contributed by atoms with E-state index in [4.69, 9.17) is 11.6 Å². The van der Waals surface area contributed by atoms with Crippen molar-refractivity contribution >= 4 is 23.3 Å². The molecule has 0 saturated carbocycles. The number of allylic oxidation sites excluding steroid dienone is 2. The Morgan fingerprint density at radius 2 is 2.29 bits per heavy atom. The monoisotopic (exact) mass is 248 g/mol. The number of hydrogen-bond donors (Lipinski definition) is 1. The van der Waals surface area contributed by atoms with Crippen LogP contribution in [0.25, 0.3) is 0 Å². The number of carboxylic acids is 1. The summed E-state index contributed by atoms with van der Waals surface area (Å²) in [5.74, 6) is -0.872. The Bertz CT molecular complexity index is 512. The van der Waals surface area contributed by atoms with Gasteiger partial charge < -0.3 is 15.2 Å². The van der Waals surface area contributed by atoms with Crippen LogP contribution in [0.15, 0.2) is 30.4 Å². The Morgan fingerprint density at radius 1 is 1.47 bits per heavy atom. The molecule has 88 valence electrons. The summed E-state index contributed by atoms with van der Waals surface area (Å²) in [4.78, 5) is 11.1. The molecule has 3 rings (SSSR count). The Hall–Kier alpha value is -1.48. The second kappa shape index (κ2) is 3.77. The number of halogens is 1. The van der Waals surface area contributed by atoms with E-state index >= 15 is 0 Å². The van der Waals surface area contributed by atoms with Crippen LogP contribution in [0, 0.1) is 5.92 Å². The van der Waals surface area contributed by atoms with Crippen molar-refractivity contribution in [3.63, 3.8) is 0 Å². The molecule has 0 saturated heterocycles. The van der Waals surface area contributed by atoms with E-state index in [0.29, 0.717) is 5.02 Å². The smallest absolute Gasteiger partial charge is 0.0698 e. The number of carboxylic acid groups (broad SMARTS) is 1. The Kier molecular flexibility index (Phi) is 2.37. The molecule has 1 aromatic rings. The molecule has 1 heterocycles. The topological polar surface area (TPSA) is 52.2 Å². The van der Waals surface area contributed by atoms with Gasteiger partial charge in [0.15, 0.2) is 0 Å². The quantitative estimate of drug-likeness (QED) is 0.767. The number of rotatable bonds is 1. The number of fused-ring (bicyclic) bond motifs is 3. The molecule has 1 aliphatic carbocycles. The summed E-state index contributed by atoms with van der Waals surface area (Å²) in [7, 11) is 0. The minimum atomic E-state index is -1.04. The standard InChI is InChI=1S/C13H12ClNO2/c14-7-4-5-11-10(6-7)8-2-1-3-9(8)12(15-11)13(16)17/h1-2,4-6,8-9,12,15H,3H2,(H,16,17)/p-1/t8-,9+,12-/m0/s1. The first-order valence-corrected chi connectivity index (χ1v) is 5.98. The first kappa shape index (κ1) is 10.7. The largest absolute Gasteiger partial charge is 0.548 e. The van der Waals surface area contributed by atoms with Gasteiger partial charge in [-0.15, -0.1) is 0 Å². The summed E-state index contributed by atoms with van der Waals surface area (Å²) < 4.78 is 0. The van der Waals surface area contributed by atoms with Crippen LogP contribution in [0.4, 0.5) is 5.69 Å². The molecule has 17 heavy (non-hydrogen) atoms. The SMILES string of the molecule is O=C([O-])[C@H]1Nc2ccc(Cl)cc2[C@H]2C=CC[C@@H]12. The lowest BCUT2D eigenvalue weighted by Crippen LogP contribution is -2.48. The molecular formula is C13H11ClNO2-. The predicted molar refractivity (Wildman–Crippen MR) is 63.9 cm³/mol. The molecule has 3 nitrogen and oxygen atoms in total. The van der Waals surface area contributed by atoms with Crippen LogP contribution in [-0.4, -0.2) is 12.0 Å². The second-order valence-electron chi connectivity index (χ2n) is 4.53. The van der Waals surface area contributed by atoms with Gasteiger partial charge in [0, 0.05) is 16.6 Å². The predicted octanol–water partition coefficient (Wildman–Crippen LogP) is 1.54. The molecule has 0 bridgehead atoms. The third-order valence-electron chi connectivity index (χ3n) is 3.58. The molecule has 0 aromatic heterocycles. The van der Waals surface area contributed by atoms with Crippen molar-refractivity contribution < 1.29 is 9.90 Å². The molecule has 1 N–H and O–H groups in total. The highest BCUT2D eigenvalue weighted by atomic mass is 35.5. The zero-order valence-corrected chi connectivity index (χ0v) is 9.78. The lowest BCUT2D eigenvalue weighted by atomic mass is 9.79. The van der Waals surface area contributed by atoms with Crippen LogP contribution in [-0.2, 0) is 4.79 Å². The van der Waals surface area contributed by atoms with E-state index in [2.05, 4.69) is 11.4 Å². The Balaban J connectivity index is 2.09. The minimum absolute atomic E-state index is 0.0333. The maximum atomic E-state index is 11.1. The zero-order chi connectivity index (χ0) is 12.0. The number of nitrogens with one attached hydrogen (secondary N) is 1. The fourth-order valence-corrected chi connectivity index (χ4v) is 2.98. The highest BCUT2D eigenvalue weighted by Crippen LogP contribution is 2.45. The van der Waals surface area contributed by atoms with Crippen LogP contribution < -0.4 is 10.4 Å². The van der Waals surface area contributed by atoms with Crippen molar-refractivity contribution in [1.82, 2.24) is 0 Å². The first-order valence-electron chi connectivity index (χ1n) is 5.60. The Morgan fingerprint density at radius 3 is 3.06 bits per heavy atom. The van der Waals surface area contributed by atoms with E-state index in [-0.39, 0.29) is 11.8 Å². The van der Waals surface area contributed by atoms with Gasteiger partial charge in [0.1, 0.15) is 0 Å². The van der Waals surface area contributed by atoms with Crippen molar-refractivity contribution in [3.8, 4) is 0 Å². The van der Waals surface area contributed by atoms with Crippen molar-refractivity contribution in [2.24, 2.45) is 5.92 Å². The van der Waals surface area contributed by atoms with Gasteiger partial charge in [-0.1, -0.05) is 23.8 Å². The summed E-state index contributed by atoms with van der Waals surface area (Å²) >= 11 is 5.99. The average Bonchev–Trinajstić information content (AvgIpc) is 2.76. The number of carbonyl (C=O) groups excluding carboxylic acids is 1. The van der Waals surface area contributed by atoms with Gasteiger partial charge in [0.05, 0.1) is 12.0 Å². The highest BCUT2D eigenvalue weighted by Gasteiger charge is 2.37. The van der Waals surface area contributed by atoms with Gasteiger partial charge in [-0.3, -0.25) is 0 Å². The molecule has 1 aliphatic heterocycles. The van der Waals surface area contributed by atoms with Crippen molar-refractivity contribution in [1.29, 1.82) is 0 Å². The molecule has 0 unspecified atom stereocenters. The van der Waals surface area contributed by atoms with Crippen molar-refractivity contribution in [2.45, 2.75) is 18.4 Å². The molecule has 2 aliphatic rings. The molecule has 3 atom stereocenters. The van der Waals surface area contributed by atoms with Crippen LogP contribution in [0.1, 0.15) is 17.9 Å². The van der Waals surface area contributed by atoms with E-state index in [9.17, 15) is 9.90 Å². The minimum Gasteiger partial charge on any atom is -0.548 e. The van der Waals surface area contributed by atoms with Crippen molar-refractivity contribution in [3.05, 3.63) is 40.9 Å². The number of anilines is 1. The van der Waals surface area contributed by atoms with Gasteiger partial charge in [-0.2, -0.15) is 0 Å². The third-order valence-corrected chi connectivity index (χ3v) is 3.81. The zero-order valence-electron chi connectivity index (χ0n) is 9.02.